The van der Waals surface area contributed by atoms with E-state index in [-0.39, 0.29) is 0 Å². The molecule has 6 heteroatoms. The lowest BCUT2D eigenvalue weighted by atomic mass is 10.4. The van der Waals surface area contributed by atoms with E-state index in [4.69, 9.17) is 5.73 Å². The van der Waals surface area contributed by atoms with Crippen molar-refractivity contribution < 1.29 is 0 Å². The van der Waals surface area contributed by atoms with Gasteiger partial charge in [-0.2, -0.15) is 0 Å². The number of hydrogen-bond donors (Lipinski definition) is 1. The molecule has 2 rings (SSSR count). The van der Waals surface area contributed by atoms with Gasteiger partial charge in [0.25, 0.3) is 0 Å². The molecule has 15 heavy (non-hydrogen) atoms. The van der Waals surface area contributed by atoms with Gasteiger partial charge in [0.2, 0.25) is 0 Å². The van der Waals surface area contributed by atoms with Crippen LogP contribution in [0.3, 0.4) is 0 Å². The summed E-state index contributed by atoms with van der Waals surface area (Å²) in [5.74, 6) is 0. The van der Waals surface area contributed by atoms with E-state index in [9.17, 15) is 0 Å². The molecule has 0 saturated carbocycles. The minimum Gasteiger partial charge on any atom is -0.397 e. The molecule has 0 radical (unpaired) electrons. The molecule has 0 aromatic carbocycles. The van der Waals surface area contributed by atoms with Gasteiger partial charge in [-0.25, -0.2) is 15.0 Å². The molecular weight excluding hydrogens is 323 g/mol. The van der Waals surface area contributed by atoms with E-state index >= 15 is 0 Å². The van der Waals surface area contributed by atoms with Gasteiger partial charge < -0.3 is 5.73 Å². The van der Waals surface area contributed by atoms with Gasteiger partial charge in [-0.05, 0) is 46.5 Å². The zero-order valence-electron chi connectivity index (χ0n) is 7.59. The molecule has 0 aliphatic carbocycles. The average molecular weight is 330 g/mol. The minimum atomic E-state index is 0.664. The third-order valence-electron chi connectivity index (χ3n) is 1.63. The van der Waals surface area contributed by atoms with E-state index in [0.717, 1.165) is 13.6 Å². The maximum Gasteiger partial charge on any atom is 0.125 e. The molecule has 2 aromatic heterocycles. The Hall–Kier alpha value is -0.890. The number of nitrogen functional groups attached to an aromatic ring is 1. The lowest BCUT2D eigenvalue weighted by Crippen LogP contribution is -1.92. The largest absolute Gasteiger partial charge is 0.397 e. The molecule has 0 bridgehead atoms. The molecule has 0 atom stereocenters. The molecule has 4 nitrogen and oxygen atoms in total. The van der Waals surface area contributed by atoms with Gasteiger partial charge in [-0.15, -0.1) is 0 Å². The Labute approximate surface area is 105 Å². The number of rotatable bonds is 2. The Kier molecular flexibility index (Phi) is 3.37. The van der Waals surface area contributed by atoms with Gasteiger partial charge in [-0.1, -0.05) is 0 Å². The van der Waals surface area contributed by atoms with Crippen LogP contribution in [0.1, 0.15) is 0 Å². The summed E-state index contributed by atoms with van der Waals surface area (Å²) in [4.78, 5) is 12.3. The van der Waals surface area contributed by atoms with Crippen LogP contribution in [0, 0.1) is 3.57 Å². The molecule has 0 aliphatic heterocycles. The fourth-order valence-corrected chi connectivity index (χ4v) is 2.32. The third-order valence-corrected chi connectivity index (χ3v) is 3.84. The standard InChI is InChI=1S/C9H7IN4S/c10-6-4-12-5-14-8(6)15-9-7(11)2-1-3-13-9/h1-5H,11H2. The Morgan fingerprint density at radius 3 is 2.87 bits per heavy atom. The van der Waals surface area contributed by atoms with Crippen molar-refractivity contribution in [1.29, 1.82) is 0 Å². The average Bonchev–Trinajstić information content (AvgIpc) is 2.24. The van der Waals surface area contributed by atoms with Crippen LogP contribution in [0.25, 0.3) is 0 Å². The lowest BCUT2D eigenvalue weighted by molar-refractivity contribution is 1.02. The maximum absolute atomic E-state index is 5.79. The van der Waals surface area contributed by atoms with Crippen molar-refractivity contribution in [2.75, 3.05) is 5.73 Å². The molecule has 76 valence electrons. The zero-order chi connectivity index (χ0) is 10.7. The second-order valence-electron chi connectivity index (χ2n) is 2.68. The lowest BCUT2D eigenvalue weighted by Gasteiger charge is -2.03. The highest BCUT2D eigenvalue weighted by molar-refractivity contribution is 14.1. The summed E-state index contributed by atoms with van der Waals surface area (Å²) in [6.07, 6.45) is 4.99. The Bertz CT molecular complexity index is 434. The van der Waals surface area contributed by atoms with E-state index in [1.165, 1.54) is 18.1 Å². The summed E-state index contributed by atoms with van der Waals surface area (Å²) in [5.41, 5.74) is 6.45. The first kappa shape index (κ1) is 10.6. The normalized spacial score (nSPS) is 10.2. The Balaban J connectivity index is 2.30. The second kappa shape index (κ2) is 4.75. The van der Waals surface area contributed by atoms with Crippen molar-refractivity contribution in [1.82, 2.24) is 15.0 Å². The first-order valence-corrected chi connectivity index (χ1v) is 6.01. The number of anilines is 1. The zero-order valence-corrected chi connectivity index (χ0v) is 10.6. The first-order chi connectivity index (χ1) is 7.27. The summed E-state index contributed by atoms with van der Waals surface area (Å²) < 4.78 is 0.991. The predicted octanol–water partition coefficient (Wildman–Crippen LogP) is 2.21. The quantitative estimate of drug-likeness (QED) is 0.676. The van der Waals surface area contributed by atoms with Crippen LogP contribution in [0.15, 0.2) is 40.9 Å². The van der Waals surface area contributed by atoms with Crippen molar-refractivity contribution in [2.24, 2.45) is 0 Å². The van der Waals surface area contributed by atoms with Gasteiger partial charge >= 0.3 is 0 Å². The fourth-order valence-electron chi connectivity index (χ4n) is 0.957. The number of nitrogens with zero attached hydrogens (tertiary/aromatic N) is 3. The number of halogens is 1. The molecular formula is C9H7IN4S. The second-order valence-corrected chi connectivity index (χ2v) is 4.82. The third kappa shape index (κ3) is 2.57. The highest BCUT2D eigenvalue weighted by Crippen LogP contribution is 2.30. The smallest absolute Gasteiger partial charge is 0.125 e. The summed E-state index contributed by atoms with van der Waals surface area (Å²) in [6, 6.07) is 3.63. The monoisotopic (exact) mass is 330 g/mol. The van der Waals surface area contributed by atoms with Gasteiger partial charge in [0.15, 0.2) is 0 Å². The predicted molar refractivity (Wildman–Crippen MR) is 67.5 cm³/mol. The van der Waals surface area contributed by atoms with Crippen LogP contribution in [-0.4, -0.2) is 15.0 Å². The Morgan fingerprint density at radius 2 is 2.13 bits per heavy atom. The van der Waals surface area contributed by atoms with Gasteiger partial charge in [0.05, 0.1) is 9.26 Å². The molecule has 2 aromatic rings. The van der Waals surface area contributed by atoms with Gasteiger partial charge in [0, 0.05) is 12.4 Å². The summed E-state index contributed by atoms with van der Waals surface area (Å²) >= 11 is 3.63. The molecule has 0 unspecified atom stereocenters. The van der Waals surface area contributed by atoms with Crippen molar-refractivity contribution in [3.8, 4) is 0 Å². The number of aromatic nitrogens is 3. The number of pyridine rings is 1. The van der Waals surface area contributed by atoms with Crippen molar-refractivity contribution in [3.05, 3.63) is 34.4 Å². The van der Waals surface area contributed by atoms with Crippen LogP contribution >= 0.6 is 34.4 Å². The molecule has 0 fully saturated rings. The molecule has 0 saturated heterocycles. The fraction of sp³-hybridized carbons (Fsp3) is 0. The van der Waals surface area contributed by atoms with Crippen LogP contribution < -0.4 is 5.73 Å². The Morgan fingerprint density at radius 1 is 1.27 bits per heavy atom. The summed E-state index contributed by atoms with van der Waals surface area (Å²) in [6.45, 7) is 0. The van der Waals surface area contributed by atoms with E-state index in [1.807, 2.05) is 12.1 Å². The maximum atomic E-state index is 5.79. The van der Waals surface area contributed by atoms with Crippen LogP contribution in [0.4, 0.5) is 5.69 Å². The topological polar surface area (TPSA) is 64.7 Å². The van der Waals surface area contributed by atoms with E-state index in [0.29, 0.717) is 5.69 Å². The SMILES string of the molecule is Nc1cccnc1Sc1ncncc1I. The van der Waals surface area contributed by atoms with Crippen LogP contribution in [-0.2, 0) is 0 Å². The van der Waals surface area contributed by atoms with Gasteiger partial charge in [-0.3, -0.25) is 0 Å². The molecule has 2 heterocycles. The van der Waals surface area contributed by atoms with Crippen molar-refractivity contribution >= 4 is 40.0 Å². The number of hydrogen-bond acceptors (Lipinski definition) is 5. The summed E-state index contributed by atoms with van der Waals surface area (Å²) in [5, 5.41) is 1.64. The van der Waals surface area contributed by atoms with Gasteiger partial charge in [0.1, 0.15) is 16.4 Å². The van der Waals surface area contributed by atoms with E-state index in [1.54, 1.807) is 12.4 Å². The van der Waals surface area contributed by atoms with Crippen LogP contribution in [0.2, 0.25) is 0 Å². The molecule has 0 aliphatic rings. The molecule has 0 spiro atoms. The van der Waals surface area contributed by atoms with Crippen LogP contribution in [0.5, 0.6) is 0 Å². The van der Waals surface area contributed by atoms with E-state index < -0.39 is 0 Å². The highest BCUT2D eigenvalue weighted by Gasteiger charge is 2.06. The van der Waals surface area contributed by atoms with Crippen molar-refractivity contribution in [3.63, 3.8) is 0 Å². The van der Waals surface area contributed by atoms with Crippen molar-refractivity contribution in [2.45, 2.75) is 10.1 Å². The molecule has 2 N–H and O–H groups in total. The van der Waals surface area contributed by atoms with E-state index in [2.05, 4.69) is 37.5 Å². The summed E-state index contributed by atoms with van der Waals surface area (Å²) in [7, 11) is 0. The highest BCUT2D eigenvalue weighted by atomic mass is 127. The number of nitrogens with two attached hydrogens (primary N) is 1. The molecule has 0 amide bonds. The first-order valence-electron chi connectivity index (χ1n) is 4.11. The minimum absolute atomic E-state index is 0.664.